The zero-order valence-electron chi connectivity index (χ0n) is 11.4. The first-order valence-electron chi connectivity index (χ1n) is 6.40. The number of aromatic hydroxyl groups is 1. The van der Waals surface area contributed by atoms with E-state index in [0.29, 0.717) is 23.8 Å². The third-order valence-corrected chi connectivity index (χ3v) is 3.06. The van der Waals surface area contributed by atoms with E-state index in [1.54, 1.807) is 12.1 Å². The maximum absolute atomic E-state index is 14.0. The predicted molar refractivity (Wildman–Crippen MR) is 73.1 cm³/mol. The van der Waals surface area contributed by atoms with Gasteiger partial charge in [0, 0.05) is 17.0 Å². The number of ether oxygens (including phenoxy) is 1. The van der Waals surface area contributed by atoms with Gasteiger partial charge in [-0.3, -0.25) is 0 Å². The van der Waals surface area contributed by atoms with Gasteiger partial charge in [0.15, 0.2) is 5.82 Å². The van der Waals surface area contributed by atoms with Crippen LogP contribution in [0, 0.1) is 18.7 Å². The summed E-state index contributed by atoms with van der Waals surface area (Å²) in [5.74, 6) is 0.415. The normalized spacial score (nSPS) is 11.2. The van der Waals surface area contributed by atoms with Crippen LogP contribution in [-0.2, 0) is 0 Å². The minimum absolute atomic E-state index is 0.0553. The fourth-order valence-electron chi connectivity index (χ4n) is 1.77. The van der Waals surface area contributed by atoms with Gasteiger partial charge >= 0.3 is 0 Å². The molecule has 0 aliphatic rings. The molecule has 0 spiro atoms. The molecule has 1 heterocycles. The van der Waals surface area contributed by atoms with Gasteiger partial charge < -0.3 is 9.84 Å². The number of rotatable bonds is 4. The van der Waals surface area contributed by atoms with E-state index in [2.05, 4.69) is 18.8 Å². The van der Waals surface area contributed by atoms with Gasteiger partial charge in [-0.05, 0) is 31.4 Å². The SMILES string of the molecule is Cc1c(O)cc2ccc(OCCC(C)C)nc2c1F. The Kier molecular flexibility index (Phi) is 3.88. The summed E-state index contributed by atoms with van der Waals surface area (Å²) in [6.45, 7) is 6.32. The average molecular weight is 263 g/mol. The van der Waals surface area contributed by atoms with Crippen molar-refractivity contribution < 1.29 is 14.2 Å². The molecule has 4 heteroatoms. The summed E-state index contributed by atoms with van der Waals surface area (Å²) in [5, 5.41) is 10.1. The van der Waals surface area contributed by atoms with Crippen LogP contribution in [0.5, 0.6) is 11.6 Å². The van der Waals surface area contributed by atoms with Crippen molar-refractivity contribution in [3.8, 4) is 11.6 Å². The number of halogens is 1. The first-order chi connectivity index (χ1) is 8.99. The fraction of sp³-hybridized carbons (Fsp3) is 0.400. The van der Waals surface area contributed by atoms with Crippen molar-refractivity contribution in [2.75, 3.05) is 6.61 Å². The quantitative estimate of drug-likeness (QED) is 0.912. The molecule has 0 amide bonds. The minimum Gasteiger partial charge on any atom is -0.508 e. The number of fused-ring (bicyclic) bond motifs is 1. The van der Waals surface area contributed by atoms with Crippen molar-refractivity contribution >= 4 is 10.9 Å². The number of hydrogen-bond acceptors (Lipinski definition) is 3. The van der Waals surface area contributed by atoms with E-state index in [9.17, 15) is 9.50 Å². The van der Waals surface area contributed by atoms with Crippen molar-refractivity contribution in [1.29, 1.82) is 0 Å². The standard InChI is InChI=1S/C15H18FNO2/c1-9(2)6-7-19-13-5-4-11-8-12(18)10(3)14(16)15(11)17-13/h4-5,8-9,18H,6-7H2,1-3H3. The zero-order valence-corrected chi connectivity index (χ0v) is 11.4. The molecule has 0 fully saturated rings. The molecule has 0 saturated carbocycles. The fourth-order valence-corrected chi connectivity index (χ4v) is 1.77. The lowest BCUT2D eigenvalue weighted by atomic mass is 10.1. The van der Waals surface area contributed by atoms with E-state index >= 15 is 0 Å². The highest BCUT2D eigenvalue weighted by Crippen LogP contribution is 2.28. The molecule has 0 bridgehead atoms. The van der Waals surface area contributed by atoms with Crippen molar-refractivity contribution in [2.24, 2.45) is 5.92 Å². The van der Waals surface area contributed by atoms with E-state index in [0.717, 1.165) is 6.42 Å². The molecule has 0 unspecified atom stereocenters. The lowest BCUT2D eigenvalue weighted by molar-refractivity contribution is 0.280. The lowest BCUT2D eigenvalue weighted by Gasteiger charge is -2.09. The number of nitrogens with zero attached hydrogens (tertiary/aromatic N) is 1. The first-order valence-corrected chi connectivity index (χ1v) is 6.40. The lowest BCUT2D eigenvalue weighted by Crippen LogP contribution is -2.03. The monoisotopic (exact) mass is 263 g/mol. The van der Waals surface area contributed by atoms with Crippen LogP contribution in [0.1, 0.15) is 25.8 Å². The predicted octanol–water partition coefficient (Wildman–Crippen LogP) is 3.81. The topological polar surface area (TPSA) is 42.4 Å². The van der Waals surface area contributed by atoms with Crippen LogP contribution >= 0.6 is 0 Å². The van der Waals surface area contributed by atoms with E-state index in [-0.39, 0.29) is 16.8 Å². The molecule has 2 aromatic rings. The van der Waals surface area contributed by atoms with Crippen molar-refractivity contribution in [1.82, 2.24) is 4.98 Å². The molecular weight excluding hydrogens is 245 g/mol. The van der Waals surface area contributed by atoms with E-state index < -0.39 is 5.82 Å². The average Bonchev–Trinajstić information content (AvgIpc) is 2.36. The van der Waals surface area contributed by atoms with Gasteiger partial charge in [0.2, 0.25) is 5.88 Å². The molecule has 0 aliphatic carbocycles. The second-order valence-corrected chi connectivity index (χ2v) is 5.09. The molecule has 102 valence electrons. The maximum Gasteiger partial charge on any atom is 0.213 e. The van der Waals surface area contributed by atoms with Gasteiger partial charge in [0.25, 0.3) is 0 Å². The van der Waals surface area contributed by atoms with Crippen LogP contribution in [0.2, 0.25) is 0 Å². The van der Waals surface area contributed by atoms with Gasteiger partial charge in [-0.25, -0.2) is 9.37 Å². The molecule has 0 saturated heterocycles. The van der Waals surface area contributed by atoms with Crippen molar-refractivity contribution in [3.05, 3.63) is 29.6 Å². The van der Waals surface area contributed by atoms with Crippen LogP contribution < -0.4 is 4.74 Å². The molecule has 19 heavy (non-hydrogen) atoms. The Balaban J connectivity index is 2.30. The molecule has 2 rings (SSSR count). The number of phenols is 1. The number of aromatic nitrogens is 1. The van der Waals surface area contributed by atoms with Crippen molar-refractivity contribution in [3.63, 3.8) is 0 Å². The number of pyridine rings is 1. The molecule has 1 aromatic carbocycles. The molecule has 1 N–H and O–H groups in total. The van der Waals surface area contributed by atoms with Crippen LogP contribution in [0.4, 0.5) is 4.39 Å². The van der Waals surface area contributed by atoms with Crippen LogP contribution in [0.25, 0.3) is 10.9 Å². The highest BCUT2D eigenvalue weighted by atomic mass is 19.1. The molecule has 0 radical (unpaired) electrons. The van der Waals surface area contributed by atoms with Crippen molar-refractivity contribution in [2.45, 2.75) is 27.2 Å². The summed E-state index contributed by atoms with van der Waals surface area (Å²) < 4.78 is 19.5. The Labute approximate surface area is 112 Å². The summed E-state index contributed by atoms with van der Waals surface area (Å²) >= 11 is 0. The Hall–Kier alpha value is -1.84. The van der Waals surface area contributed by atoms with E-state index in [1.807, 2.05) is 0 Å². The molecule has 3 nitrogen and oxygen atoms in total. The van der Waals surface area contributed by atoms with Gasteiger partial charge in [0.05, 0.1) is 6.61 Å². The van der Waals surface area contributed by atoms with E-state index in [1.165, 1.54) is 13.0 Å². The van der Waals surface area contributed by atoms with Gasteiger partial charge in [-0.1, -0.05) is 13.8 Å². The highest BCUT2D eigenvalue weighted by molar-refractivity contribution is 5.82. The van der Waals surface area contributed by atoms with E-state index in [4.69, 9.17) is 4.74 Å². The molecule has 0 aliphatic heterocycles. The second-order valence-electron chi connectivity index (χ2n) is 5.09. The summed E-state index contributed by atoms with van der Waals surface area (Å²) in [6.07, 6.45) is 0.927. The van der Waals surface area contributed by atoms with Gasteiger partial charge in [0.1, 0.15) is 11.3 Å². The van der Waals surface area contributed by atoms with Gasteiger partial charge in [-0.2, -0.15) is 0 Å². The number of phenolic OH excluding ortho intramolecular Hbond substituents is 1. The maximum atomic E-state index is 14.0. The second kappa shape index (κ2) is 5.43. The Morgan fingerprint density at radius 3 is 2.79 bits per heavy atom. The smallest absolute Gasteiger partial charge is 0.213 e. The highest BCUT2D eigenvalue weighted by Gasteiger charge is 2.11. The first kappa shape index (κ1) is 13.6. The van der Waals surface area contributed by atoms with Crippen LogP contribution in [0.3, 0.4) is 0 Å². The minimum atomic E-state index is -0.496. The summed E-state index contributed by atoms with van der Waals surface area (Å²) in [5.41, 5.74) is 0.441. The Morgan fingerprint density at radius 2 is 2.11 bits per heavy atom. The third kappa shape index (κ3) is 2.95. The summed E-state index contributed by atoms with van der Waals surface area (Å²) in [7, 11) is 0. The summed E-state index contributed by atoms with van der Waals surface area (Å²) in [4.78, 5) is 4.17. The zero-order chi connectivity index (χ0) is 14.0. The van der Waals surface area contributed by atoms with Crippen LogP contribution in [0.15, 0.2) is 18.2 Å². The van der Waals surface area contributed by atoms with Gasteiger partial charge in [-0.15, -0.1) is 0 Å². The molecular formula is C15H18FNO2. The molecule has 1 aromatic heterocycles. The third-order valence-electron chi connectivity index (χ3n) is 3.06. The Morgan fingerprint density at radius 1 is 1.37 bits per heavy atom. The number of benzene rings is 1. The molecule has 0 atom stereocenters. The largest absolute Gasteiger partial charge is 0.508 e. The van der Waals surface area contributed by atoms with Crippen LogP contribution in [-0.4, -0.2) is 16.7 Å². The number of hydrogen-bond donors (Lipinski definition) is 1. The Bertz CT molecular complexity index is 596. The summed E-state index contributed by atoms with van der Waals surface area (Å²) in [6, 6.07) is 4.91.